The Morgan fingerprint density at radius 2 is 1.64 bits per heavy atom. The number of hydrogen-bond acceptors (Lipinski definition) is 3. The van der Waals surface area contributed by atoms with Crippen LogP contribution in [0.25, 0.3) is 5.69 Å². The number of hydrogen-bond donors (Lipinski definition) is 1. The Labute approximate surface area is 148 Å². The Morgan fingerprint density at radius 3 is 2.24 bits per heavy atom. The van der Waals surface area contributed by atoms with Gasteiger partial charge >= 0.3 is 0 Å². The first-order valence-corrected chi connectivity index (χ1v) is 9.58. The van der Waals surface area contributed by atoms with Gasteiger partial charge in [0.05, 0.1) is 4.90 Å². The number of nitrogens with zero attached hydrogens (tertiary/aromatic N) is 2. The number of nitrogens with one attached hydrogen (secondary N) is 1. The first-order chi connectivity index (χ1) is 11.9. The summed E-state index contributed by atoms with van der Waals surface area (Å²) < 4.78 is 29.5. The van der Waals surface area contributed by atoms with Gasteiger partial charge in [0, 0.05) is 29.7 Å². The van der Waals surface area contributed by atoms with Gasteiger partial charge in [-0.1, -0.05) is 31.5 Å². The highest BCUT2D eigenvalue weighted by atomic mass is 32.2. The van der Waals surface area contributed by atoms with Crippen LogP contribution in [0.2, 0.25) is 0 Å². The fraction of sp³-hybridized carbons (Fsp3) is 0.211. The minimum atomic E-state index is -3.59. The maximum atomic E-state index is 12.4. The summed E-state index contributed by atoms with van der Waals surface area (Å²) in [4.78, 5) is 4.62. The molecular weight excluding hydrogens is 334 g/mol. The minimum Gasteiger partial charge on any atom is -0.304 e. The van der Waals surface area contributed by atoms with E-state index in [9.17, 15) is 8.42 Å². The number of imidazole rings is 1. The van der Waals surface area contributed by atoms with Crippen LogP contribution in [0.15, 0.2) is 65.8 Å². The summed E-state index contributed by atoms with van der Waals surface area (Å²) in [6.07, 6.45) is 3.67. The third kappa shape index (κ3) is 3.74. The molecule has 0 atom stereocenters. The van der Waals surface area contributed by atoms with E-state index in [4.69, 9.17) is 0 Å². The standard InChI is InChI=1S/C19H21N3O2S/c1-14(2)19-20-12-13-22(19)17-8-6-16(7-9-17)21-25(23,24)18-10-4-15(3)5-11-18/h4-14,21H,1-3H3. The lowest BCUT2D eigenvalue weighted by Crippen LogP contribution is -2.13. The highest BCUT2D eigenvalue weighted by Crippen LogP contribution is 2.21. The largest absolute Gasteiger partial charge is 0.304 e. The molecule has 0 amide bonds. The van der Waals surface area contributed by atoms with Gasteiger partial charge in [-0.3, -0.25) is 4.72 Å². The zero-order valence-corrected chi connectivity index (χ0v) is 15.3. The number of aromatic nitrogens is 2. The smallest absolute Gasteiger partial charge is 0.261 e. The van der Waals surface area contributed by atoms with Crippen LogP contribution in [0.5, 0.6) is 0 Å². The molecule has 0 aliphatic carbocycles. The topological polar surface area (TPSA) is 64.0 Å². The van der Waals surface area contributed by atoms with Gasteiger partial charge in [-0.15, -0.1) is 0 Å². The minimum absolute atomic E-state index is 0.249. The fourth-order valence-electron chi connectivity index (χ4n) is 2.58. The van der Waals surface area contributed by atoms with Crippen LogP contribution < -0.4 is 4.72 Å². The van der Waals surface area contributed by atoms with E-state index in [-0.39, 0.29) is 4.90 Å². The summed E-state index contributed by atoms with van der Waals surface area (Å²) >= 11 is 0. The molecule has 0 aliphatic heterocycles. The molecule has 0 unspecified atom stereocenters. The Kier molecular flexibility index (Phi) is 4.63. The lowest BCUT2D eigenvalue weighted by Gasteiger charge is -2.12. The van der Waals surface area contributed by atoms with Gasteiger partial charge in [0.2, 0.25) is 0 Å². The van der Waals surface area contributed by atoms with Gasteiger partial charge in [-0.25, -0.2) is 13.4 Å². The van der Waals surface area contributed by atoms with Crippen LogP contribution in [-0.2, 0) is 10.0 Å². The first kappa shape index (κ1) is 17.2. The maximum absolute atomic E-state index is 12.4. The van der Waals surface area contributed by atoms with Crippen molar-refractivity contribution in [2.75, 3.05) is 4.72 Å². The maximum Gasteiger partial charge on any atom is 0.261 e. The van der Waals surface area contributed by atoms with Crippen molar-refractivity contribution in [1.82, 2.24) is 9.55 Å². The molecule has 1 aromatic heterocycles. The second-order valence-electron chi connectivity index (χ2n) is 6.28. The fourth-order valence-corrected chi connectivity index (χ4v) is 3.64. The summed E-state index contributed by atoms with van der Waals surface area (Å²) in [7, 11) is -3.59. The van der Waals surface area contributed by atoms with Crippen molar-refractivity contribution >= 4 is 15.7 Å². The van der Waals surface area contributed by atoms with Gasteiger partial charge in [0.1, 0.15) is 5.82 Å². The van der Waals surface area contributed by atoms with E-state index in [0.717, 1.165) is 17.1 Å². The van der Waals surface area contributed by atoms with E-state index in [1.54, 1.807) is 42.6 Å². The van der Waals surface area contributed by atoms with Gasteiger partial charge in [0.25, 0.3) is 10.0 Å². The van der Waals surface area contributed by atoms with Crippen LogP contribution in [0.4, 0.5) is 5.69 Å². The second-order valence-corrected chi connectivity index (χ2v) is 7.96. The molecule has 6 heteroatoms. The van der Waals surface area contributed by atoms with Crippen molar-refractivity contribution in [1.29, 1.82) is 0 Å². The van der Waals surface area contributed by atoms with Crippen LogP contribution >= 0.6 is 0 Å². The van der Waals surface area contributed by atoms with E-state index in [2.05, 4.69) is 23.6 Å². The molecule has 0 bridgehead atoms. The normalized spacial score (nSPS) is 11.7. The highest BCUT2D eigenvalue weighted by molar-refractivity contribution is 7.92. The van der Waals surface area contributed by atoms with Crippen molar-refractivity contribution in [3.05, 3.63) is 72.3 Å². The molecular formula is C19H21N3O2S. The first-order valence-electron chi connectivity index (χ1n) is 8.10. The van der Waals surface area contributed by atoms with Crippen LogP contribution in [-0.4, -0.2) is 18.0 Å². The average Bonchev–Trinajstić information content (AvgIpc) is 3.05. The van der Waals surface area contributed by atoms with Crippen molar-refractivity contribution in [3.63, 3.8) is 0 Å². The quantitative estimate of drug-likeness (QED) is 0.749. The van der Waals surface area contributed by atoms with Crippen molar-refractivity contribution in [2.24, 2.45) is 0 Å². The molecule has 5 nitrogen and oxygen atoms in total. The molecule has 1 heterocycles. The Morgan fingerprint density at radius 1 is 1.00 bits per heavy atom. The van der Waals surface area contributed by atoms with Crippen LogP contribution in [0.1, 0.15) is 31.2 Å². The number of aryl methyl sites for hydroxylation is 1. The van der Waals surface area contributed by atoms with E-state index in [1.165, 1.54) is 0 Å². The number of sulfonamides is 1. The second kappa shape index (κ2) is 6.72. The predicted octanol–water partition coefficient (Wildman–Crippen LogP) is 4.10. The molecule has 0 saturated carbocycles. The lowest BCUT2D eigenvalue weighted by atomic mass is 10.2. The van der Waals surface area contributed by atoms with Crippen molar-refractivity contribution in [2.45, 2.75) is 31.6 Å². The van der Waals surface area contributed by atoms with Crippen LogP contribution in [0, 0.1) is 6.92 Å². The zero-order valence-electron chi connectivity index (χ0n) is 14.5. The summed E-state index contributed by atoms with van der Waals surface area (Å²) in [6.45, 7) is 6.09. The average molecular weight is 355 g/mol. The van der Waals surface area contributed by atoms with Crippen molar-refractivity contribution in [3.8, 4) is 5.69 Å². The summed E-state index contributed by atoms with van der Waals surface area (Å²) in [5.74, 6) is 1.27. The molecule has 25 heavy (non-hydrogen) atoms. The Balaban J connectivity index is 1.83. The third-order valence-electron chi connectivity index (χ3n) is 3.91. The molecule has 1 N–H and O–H groups in total. The Hall–Kier alpha value is -2.60. The highest BCUT2D eigenvalue weighted by Gasteiger charge is 2.14. The monoisotopic (exact) mass is 355 g/mol. The number of anilines is 1. The summed E-state index contributed by atoms with van der Waals surface area (Å²) in [5.41, 5.74) is 2.49. The molecule has 3 aromatic rings. The summed E-state index contributed by atoms with van der Waals surface area (Å²) in [6, 6.07) is 14.0. The molecule has 0 saturated heterocycles. The third-order valence-corrected chi connectivity index (χ3v) is 5.31. The zero-order chi connectivity index (χ0) is 18.0. The molecule has 0 radical (unpaired) electrons. The van der Waals surface area contributed by atoms with E-state index in [0.29, 0.717) is 11.6 Å². The molecule has 130 valence electrons. The lowest BCUT2D eigenvalue weighted by molar-refractivity contribution is 0.601. The van der Waals surface area contributed by atoms with Gasteiger partial charge < -0.3 is 4.57 Å². The van der Waals surface area contributed by atoms with Gasteiger partial charge in [-0.05, 0) is 43.3 Å². The molecule has 0 spiro atoms. The molecule has 0 fully saturated rings. The SMILES string of the molecule is Cc1ccc(S(=O)(=O)Nc2ccc(-n3ccnc3C(C)C)cc2)cc1. The molecule has 0 aliphatic rings. The number of rotatable bonds is 5. The van der Waals surface area contributed by atoms with Crippen LogP contribution in [0.3, 0.4) is 0 Å². The predicted molar refractivity (Wildman–Crippen MR) is 99.6 cm³/mol. The Bertz CT molecular complexity index is 957. The molecule has 2 aromatic carbocycles. The van der Waals surface area contributed by atoms with E-state index < -0.39 is 10.0 Å². The van der Waals surface area contributed by atoms with E-state index in [1.807, 2.05) is 29.8 Å². The van der Waals surface area contributed by atoms with Crippen molar-refractivity contribution < 1.29 is 8.42 Å². The summed E-state index contributed by atoms with van der Waals surface area (Å²) in [5, 5.41) is 0. The number of benzene rings is 2. The molecule has 3 rings (SSSR count). The van der Waals surface area contributed by atoms with Gasteiger partial charge in [0.15, 0.2) is 0 Å². The van der Waals surface area contributed by atoms with Gasteiger partial charge in [-0.2, -0.15) is 0 Å². The van der Waals surface area contributed by atoms with E-state index >= 15 is 0 Å².